The molecule has 1 aliphatic heterocycles. The van der Waals surface area contributed by atoms with E-state index < -0.39 is 0 Å². The predicted octanol–water partition coefficient (Wildman–Crippen LogP) is 3.44. The van der Waals surface area contributed by atoms with Crippen molar-refractivity contribution < 1.29 is 0 Å². The highest BCUT2D eigenvalue weighted by molar-refractivity contribution is 5.07. The standard InChI is InChI=1S/C13H25N/c1-10(2)12-6-9-13(7-5-8-13)14(12)11(3)4/h10-12H,5-9H2,1-4H3/t12-/m0/s1. The van der Waals surface area contributed by atoms with Gasteiger partial charge in [0.15, 0.2) is 0 Å². The second-order valence-corrected chi connectivity index (χ2v) is 5.93. The van der Waals surface area contributed by atoms with Crippen molar-refractivity contribution in [3.05, 3.63) is 0 Å². The van der Waals surface area contributed by atoms with Gasteiger partial charge in [-0.15, -0.1) is 0 Å². The summed E-state index contributed by atoms with van der Waals surface area (Å²) >= 11 is 0. The first-order valence-electron chi connectivity index (χ1n) is 6.35. The fourth-order valence-corrected chi connectivity index (χ4v) is 3.71. The molecule has 0 radical (unpaired) electrons. The third-order valence-corrected chi connectivity index (χ3v) is 4.42. The zero-order valence-electron chi connectivity index (χ0n) is 10.2. The number of likely N-dealkylation sites (tertiary alicyclic amines) is 1. The lowest BCUT2D eigenvalue weighted by atomic mass is 9.74. The summed E-state index contributed by atoms with van der Waals surface area (Å²) in [5, 5.41) is 0. The van der Waals surface area contributed by atoms with Gasteiger partial charge in [0.25, 0.3) is 0 Å². The Morgan fingerprint density at radius 1 is 1.07 bits per heavy atom. The van der Waals surface area contributed by atoms with Crippen molar-refractivity contribution in [1.82, 2.24) is 4.90 Å². The molecule has 0 aromatic carbocycles. The zero-order valence-corrected chi connectivity index (χ0v) is 10.2. The Balaban J connectivity index is 2.16. The molecule has 0 N–H and O–H groups in total. The lowest BCUT2D eigenvalue weighted by Crippen LogP contribution is -2.55. The van der Waals surface area contributed by atoms with Gasteiger partial charge in [0.05, 0.1) is 0 Å². The van der Waals surface area contributed by atoms with Crippen LogP contribution in [-0.2, 0) is 0 Å². The second kappa shape index (κ2) is 3.52. The number of hydrogen-bond acceptors (Lipinski definition) is 1. The van der Waals surface area contributed by atoms with Crippen molar-refractivity contribution in [3.8, 4) is 0 Å². The van der Waals surface area contributed by atoms with Crippen LogP contribution in [-0.4, -0.2) is 22.5 Å². The van der Waals surface area contributed by atoms with Crippen LogP contribution in [0.15, 0.2) is 0 Å². The fourth-order valence-electron chi connectivity index (χ4n) is 3.71. The second-order valence-electron chi connectivity index (χ2n) is 5.93. The number of rotatable bonds is 2. The molecule has 0 unspecified atom stereocenters. The van der Waals surface area contributed by atoms with E-state index in [0.29, 0.717) is 5.54 Å². The molecule has 2 rings (SSSR count). The van der Waals surface area contributed by atoms with E-state index in [1.807, 2.05) is 0 Å². The Morgan fingerprint density at radius 2 is 1.71 bits per heavy atom. The summed E-state index contributed by atoms with van der Waals surface area (Å²) in [6.45, 7) is 9.52. The van der Waals surface area contributed by atoms with E-state index in [0.717, 1.165) is 18.0 Å². The topological polar surface area (TPSA) is 3.24 Å². The van der Waals surface area contributed by atoms with Gasteiger partial charge >= 0.3 is 0 Å². The van der Waals surface area contributed by atoms with Crippen LogP contribution in [0.4, 0.5) is 0 Å². The van der Waals surface area contributed by atoms with Crippen LogP contribution < -0.4 is 0 Å². The zero-order chi connectivity index (χ0) is 10.3. The average molecular weight is 195 g/mol. The first-order chi connectivity index (χ1) is 6.57. The average Bonchev–Trinajstić information content (AvgIpc) is 2.41. The van der Waals surface area contributed by atoms with Crippen molar-refractivity contribution in [2.45, 2.75) is 77.4 Å². The van der Waals surface area contributed by atoms with Gasteiger partial charge in [-0.1, -0.05) is 13.8 Å². The maximum Gasteiger partial charge on any atom is 0.0216 e. The maximum absolute atomic E-state index is 2.85. The summed E-state index contributed by atoms with van der Waals surface area (Å²) in [5.41, 5.74) is 0.642. The number of nitrogens with zero attached hydrogens (tertiary/aromatic N) is 1. The predicted molar refractivity (Wildman–Crippen MR) is 61.4 cm³/mol. The van der Waals surface area contributed by atoms with Crippen molar-refractivity contribution in [3.63, 3.8) is 0 Å². The molecule has 1 heteroatoms. The Kier molecular flexibility index (Phi) is 2.63. The van der Waals surface area contributed by atoms with Crippen molar-refractivity contribution in [1.29, 1.82) is 0 Å². The minimum Gasteiger partial charge on any atom is -0.292 e. The van der Waals surface area contributed by atoms with Gasteiger partial charge in [-0.25, -0.2) is 0 Å². The highest BCUT2D eigenvalue weighted by Crippen LogP contribution is 2.50. The Hall–Kier alpha value is -0.0400. The van der Waals surface area contributed by atoms with Crippen LogP contribution in [0.3, 0.4) is 0 Å². The molecule has 1 atom stereocenters. The fraction of sp³-hybridized carbons (Fsp3) is 1.00. The monoisotopic (exact) mass is 195 g/mol. The molecule has 1 saturated carbocycles. The first-order valence-corrected chi connectivity index (χ1v) is 6.35. The third kappa shape index (κ3) is 1.41. The highest BCUT2D eigenvalue weighted by atomic mass is 15.3. The molecule has 1 heterocycles. The minimum absolute atomic E-state index is 0.642. The minimum atomic E-state index is 0.642. The van der Waals surface area contributed by atoms with Gasteiger partial charge in [-0.05, 0) is 51.9 Å². The van der Waals surface area contributed by atoms with Crippen LogP contribution in [0, 0.1) is 5.92 Å². The molecule has 0 aromatic rings. The van der Waals surface area contributed by atoms with Crippen molar-refractivity contribution in [2.24, 2.45) is 5.92 Å². The van der Waals surface area contributed by atoms with Gasteiger partial charge in [-0.3, -0.25) is 4.90 Å². The molecule has 0 aromatic heterocycles. The summed E-state index contributed by atoms with van der Waals surface area (Å²) in [6, 6.07) is 1.60. The van der Waals surface area contributed by atoms with Gasteiger partial charge in [0, 0.05) is 17.6 Å². The Morgan fingerprint density at radius 3 is 2.07 bits per heavy atom. The van der Waals surface area contributed by atoms with Crippen LogP contribution in [0.1, 0.15) is 59.8 Å². The van der Waals surface area contributed by atoms with E-state index in [2.05, 4.69) is 32.6 Å². The van der Waals surface area contributed by atoms with Crippen LogP contribution >= 0.6 is 0 Å². The van der Waals surface area contributed by atoms with Crippen LogP contribution in [0.2, 0.25) is 0 Å². The van der Waals surface area contributed by atoms with E-state index in [4.69, 9.17) is 0 Å². The van der Waals surface area contributed by atoms with Crippen molar-refractivity contribution in [2.75, 3.05) is 0 Å². The molecule has 2 fully saturated rings. The van der Waals surface area contributed by atoms with E-state index in [1.165, 1.54) is 32.1 Å². The summed E-state index contributed by atoms with van der Waals surface area (Å²) in [7, 11) is 0. The molecule has 1 spiro atoms. The van der Waals surface area contributed by atoms with Gasteiger partial charge in [0.1, 0.15) is 0 Å². The summed E-state index contributed by atoms with van der Waals surface area (Å²) in [5.74, 6) is 0.831. The Labute approximate surface area is 88.9 Å². The van der Waals surface area contributed by atoms with E-state index in [1.54, 1.807) is 0 Å². The molecule has 1 saturated heterocycles. The SMILES string of the molecule is CC(C)[C@@H]1CCC2(CCC2)N1C(C)C. The maximum atomic E-state index is 2.85. The van der Waals surface area contributed by atoms with E-state index in [-0.39, 0.29) is 0 Å². The molecule has 1 aliphatic carbocycles. The molecule has 0 amide bonds. The molecule has 82 valence electrons. The number of hydrogen-bond donors (Lipinski definition) is 0. The van der Waals surface area contributed by atoms with Gasteiger partial charge in [-0.2, -0.15) is 0 Å². The summed E-state index contributed by atoms with van der Waals surface area (Å²) < 4.78 is 0. The molecule has 14 heavy (non-hydrogen) atoms. The van der Waals surface area contributed by atoms with E-state index in [9.17, 15) is 0 Å². The van der Waals surface area contributed by atoms with E-state index >= 15 is 0 Å². The highest BCUT2D eigenvalue weighted by Gasteiger charge is 2.51. The lowest BCUT2D eigenvalue weighted by molar-refractivity contribution is -0.00648. The Bertz CT molecular complexity index is 203. The molecular formula is C13H25N. The largest absolute Gasteiger partial charge is 0.292 e. The molecular weight excluding hydrogens is 170 g/mol. The molecule has 0 bridgehead atoms. The van der Waals surface area contributed by atoms with Crippen LogP contribution in [0.25, 0.3) is 0 Å². The summed E-state index contributed by atoms with van der Waals surface area (Å²) in [6.07, 6.45) is 7.31. The molecule has 2 aliphatic rings. The molecule has 1 nitrogen and oxygen atoms in total. The third-order valence-electron chi connectivity index (χ3n) is 4.42. The smallest absolute Gasteiger partial charge is 0.0216 e. The van der Waals surface area contributed by atoms with Gasteiger partial charge < -0.3 is 0 Å². The van der Waals surface area contributed by atoms with Crippen molar-refractivity contribution >= 4 is 0 Å². The van der Waals surface area contributed by atoms with Gasteiger partial charge in [0.2, 0.25) is 0 Å². The normalized spacial score (nSPS) is 31.7. The lowest BCUT2D eigenvalue weighted by Gasteiger charge is -2.50. The van der Waals surface area contributed by atoms with Crippen LogP contribution in [0.5, 0.6) is 0 Å². The quantitative estimate of drug-likeness (QED) is 0.652. The summed E-state index contributed by atoms with van der Waals surface area (Å²) in [4.78, 5) is 2.85. The first kappa shape index (κ1) is 10.5.